The number of benzene rings is 4. The van der Waals surface area contributed by atoms with Crippen LogP contribution >= 0.6 is 0 Å². The maximum Gasteiger partial charge on any atom is 0.179 e. The Morgan fingerprint density at radius 2 is 0.769 bits per heavy atom. The highest BCUT2D eigenvalue weighted by Gasteiger charge is 2.18. The molecular formula is C33H26N6. The summed E-state index contributed by atoms with van der Waals surface area (Å²) in [6.07, 6.45) is 5.88. The zero-order valence-corrected chi connectivity index (χ0v) is 21.6. The summed E-state index contributed by atoms with van der Waals surface area (Å²) in [7, 11) is 0. The van der Waals surface area contributed by atoms with Crippen molar-refractivity contribution in [3.05, 3.63) is 95.1 Å². The van der Waals surface area contributed by atoms with Crippen LogP contribution in [-0.2, 0) is 39.3 Å². The SMILES string of the molecule is N#CN1Cc2ccc3c(c2)c2cc4ccc2n3CCCn2c3ccc(cc3c3cc(ccc32)CN(C#N)C4)C1. The Kier molecular flexibility index (Phi) is 4.69. The van der Waals surface area contributed by atoms with E-state index in [9.17, 15) is 10.5 Å². The zero-order valence-electron chi connectivity index (χ0n) is 21.6. The third-order valence-electron chi connectivity index (χ3n) is 8.53. The fraction of sp³-hybridized carbons (Fsp3) is 0.212. The van der Waals surface area contributed by atoms with Gasteiger partial charge in [0.05, 0.1) is 26.2 Å². The van der Waals surface area contributed by atoms with Crippen molar-refractivity contribution in [2.24, 2.45) is 0 Å². The topological polar surface area (TPSA) is 63.9 Å². The second kappa shape index (κ2) is 8.28. The van der Waals surface area contributed by atoms with Gasteiger partial charge in [0.15, 0.2) is 12.4 Å². The molecule has 8 aliphatic heterocycles. The smallest absolute Gasteiger partial charge is 0.179 e. The normalized spacial score (nSPS) is 15.3. The van der Waals surface area contributed by atoms with E-state index in [1.54, 1.807) is 0 Å². The van der Waals surface area contributed by atoms with Crippen LogP contribution in [0.15, 0.2) is 72.8 Å². The van der Waals surface area contributed by atoms with Gasteiger partial charge in [-0.3, -0.25) is 0 Å². The van der Waals surface area contributed by atoms with Crippen LogP contribution in [0.2, 0.25) is 0 Å². The summed E-state index contributed by atoms with van der Waals surface area (Å²) < 4.78 is 4.90. The first-order valence-corrected chi connectivity index (χ1v) is 13.6. The van der Waals surface area contributed by atoms with Crippen molar-refractivity contribution in [2.75, 3.05) is 0 Å². The third-order valence-corrected chi connectivity index (χ3v) is 8.53. The van der Waals surface area contributed by atoms with Crippen molar-refractivity contribution in [3.8, 4) is 12.4 Å². The van der Waals surface area contributed by atoms with Crippen molar-refractivity contribution in [2.45, 2.75) is 45.7 Å². The largest absolute Gasteiger partial charge is 0.340 e. The summed E-state index contributed by atoms with van der Waals surface area (Å²) in [5.74, 6) is 0. The molecule has 8 aliphatic rings. The minimum absolute atomic E-state index is 0.560. The van der Waals surface area contributed by atoms with E-state index in [4.69, 9.17) is 0 Å². The number of aryl methyl sites for hydroxylation is 2. The summed E-state index contributed by atoms with van der Waals surface area (Å²) in [4.78, 5) is 3.69. The first-order valence-electron chi connectivity index (χ1n) is 13.6. The molecule has 10 heterocycles. The Hall–Kier alpha value is -4.94. The lowest BCUT2D eigenvalue weighted by molar-refractivity contribution is 0.379. The molecule has 0 aliphatic carbocycles. The number of aromatic nitrogens is 2. The molecule has 6 heteroatoms. The summed E-state index contributed by atoms with van der Waals surface area (Å²) >= 11 is 0. The van der Waals surface area contributed by atoms with Gasteiger partial charge in [-0.1, -0.05) is 24.3 Å². The average molecular weight is 507 g/mol. The van der Waals surface area contributed by atoms with Crippen LogP contribution in [0.1, 0.15) is 28.7 Å². The standard InChI is InChI=1S/C33H26N6/c34-20-36-16-22-2-6-30-26(12-22)27-13-24-3-7-31(27)38(30)10-1-11-39-32-8-4-23(17-36)14-28(32)29-15-25(5-9-33(29)39)19-37(18-24)21-35/h2-9,12-15H,1,10-11,16-19H2. The highest BCUT2D eigenvalue weighted by atomic mass is 15.1. The molecule has 4 aromatic carbocycles. The highest BCUT2D eigenvalue weighted by molar-refractivity contribution is 6.09. The van der Waals surface area contributed by atoms with Gasteiger partial charge < -0.3 is 18.9 Å². The maximum atomic E-state index is 10.1. The third kappa shape index (κ3) is 3.39. The van der Waals surface area contributed by atoms with Crippen LogP contribution < -0.4 is 0 Å². The van der Waals surface area contributed by atoms with Crippen molar-refractivity contribution < 1.29 is 0 Å². The molecular weight excluding hydrogens is 480 g/mol. The molecule has 0 fully saturated rings. The first kappa shape index (κ1) is 22.1. The summed E-state index contributed by atoms with van der Waals surface area (Å²) in [6.45, 7) is 4.06. The van der Waals surface area contributed by atoms with Crippen LogP contribution in [0, 0.1) is 22.9 Å². The van der Waals surface area contributed by atoms with Gasteiger partial charge in [0, 0.05) is 56.7 Å². The molecule has 39 heavy (non-hydrogen) atoms. The molecule has 0 N–H and O–H groups in total. The molecule has 0 atom stereocenters. The van der Waals surface area contributed by atoms with Gasteiger partial charge in [0.2, 0.25) is 0 Å². The lowest BCUT2D eigenvalue weighted by Crippen LogP contribution is -2.16. The second-order valence-corrected chi connectivity index (χ2v) is 11.0. The van der Waals surface area contributed by atoms with E-state index in [-0.39, 0.29) is 0 Å². The number of rotatable bonds is 0. The highest BCUT2D eigenvalue weighted by Crippen LogP contribution is 2.35. The van der Waals surface area contributed by atoms with E-state index < -0.39 is 0 Å². The molecule has 0 spiro atoms. The van der Waals surface area contributed by atoms with Gasteiger partial charge in [-0.15, -0.1) is 0 Å². The van der Waals surface area contributed by atoms with Crippen molar-refractivity contribution in [1.82, 2.24) is 18.9 Å². The minimum Gasteiger partial charge on any atom is -0.340 e. The monoisotopic (exact) mass is 506 g/mol. The molecule has 0 unspecified atom stereocenters. The molecule has 2 aromatic heterocycles. The van der Waals surface area contributed by atoms with Gasteiger partial charge in [0.25, 0.3) is 0 Å². The van der Waals surface area contributed by atoms with Gasteiger partial charge in [-0.2, -0.15) is 10.5 Å². The fourth-order valence-electron chi connectivity index (χ4n) is 6.79. The van der Waals surface area contributed by atoms with Crippen LogP contribution in [0.25, 0.3) is 43.6 Å². The van der Waals surface area contributed by atoms with Crippen molar-refractivity contribution >= 4 is 43.6 Å². The van der Waals surface area contributed by atoms with E-state index in [2.05, 4.69) is 94.3 Å². The molecule has 14 bridgehead atoms. The Morgan fingerprint density at radius 3 is 1.05 bits per heavy atom. The predicted molar refractivity (Wildman–Crippen MR) is 153 cm³/mol. The molecule has 6 nitrogen and oxygen atoms in total. The number of hydrogen-bond donors (Lipinski definition) is 0. The first-order chi connectivity index (χ1) is 19.2. The van der Waals surface area contributed by atoms with E-state index in [1.165, 1.54) is 43.6 Å². The van der Waals surface area contributed by atoms with Gasteiger partial charge in [0.1, 0.15) is 0 Å². The second-order valence-electron chi connectivity index (χ2n) is 11.0. The molecule has 0 amide bonds. The van der Waals surface area contributed by atoms with E-state index in [0.717, 1.165) is 41.8 Å². The van der Waals surface area contributed by atoms with E-state index >= 15 is 0 Å². The summed E-state index contributed by atoms with van der Waals surface area (Å²) in [6, 6.07) is 26.6. The lowest BCUT2D eigenvalue weighted by atomic mass is 10.0. The van der Waals surface area contributed by atoms with Crippen molar-refractivity contribution in [3.63, 3.8) is 0 Å². The van der Waals surface area contributed by atoms with Crippen LogP contribution in [0.4, 0.5) is 0 Å². The molecule has 0 radical (unpaired) electrons. The number of nitrogens with zero attached hydrogens (tertiary/aromatic N) is 6. The Bertz CT molecular complexity index is 1770. The molecule has 14 rings (SSSR count). The van der Waals surface area contributed by atoms with Gasteiger partial charge in [-0.05, 0) is 77.2 Å². The Labute approximate surface area is 226 Å². The average Bonchev–Trinajstić information content (AvgIpc) is 3.42. The van der Waals surface area contributed by atoms with Crippen LogP contribution in [-0.4, -0.2) is 18.9 Å². The van der Waals surface area contributed by atoms with Crippen LogP contribution in [0.5, 0.6) is 0 Å². The molecule has 0 saturated heterocycles. The summed E-state index contributed by atoms with van der Waals surface area (Å²) in [5, 5.41) is 25.0. The van der Waals surface area contributed by atoms with Gasteiger partial charge in [-0.25, -0.2) is 0 Å². The Balaban J connectivity index is 1.46. The maximum absolute atomic E-state index is 10.1. The summed E-state index contributed by atoms with van der Waals surface area (Å²) in [5.41, 5.74) is 9.39. The zero-order chi connectivity index (χ0) is 26.1. The van der Waals surface area contributed by atoms with Gasteiger partial charge >= 0.3 is 0 Å². The predicted octanol–water partition coefficient (Wildman–Crippen LogP) is 6.59. The molecule has 6 aromatic rings. The van der Waals surface area contributed by atoms with Crippen LogP contribution in [0.3, 0.4) is 0 Å². The van der Waals surface area contributed by atoms with Crippen molar-refractivity contribution in [1.29, 1.82) is 10.5 Å². The molecule has 0 saturated carbocycles. The fourth-order valence-corrected chi connectivity index (χ4v) is 6.79. The Morgan fingerprint density at radius 1 is 0.462 bits per heavy atom. The van der Waals surface area contributed by atoms with E-state index in [0.29, 0.717) is 26.2 Å². The lowest BCUT2D eigenvalue weighted by Gasteiger charge is -2.17. The van der Waals surface area contributed by atoms with E-state index in [1.807, 2.05) is 9.80 Å². The number of nitriles is 2. The molecule has 188 valence electrons. The quantitative estimate of drug-likeness (QED) is 0.218. The number of hydrogen-bond acceptors (Lipinski definition) is 4. The minimum atomic E-state index is 0.560.